The summed E-state index contributed by atoms with van der Waals surface area (Å²) < 4.78 is 0. The third kappa shape index (κ3) is 4.66. The van der Waals surface area contributed by atoms with E-state index in [0.29, 0.717) is 5.75 Å². The lowest BCUT2D eigenvalue weighted by Crippen LogP contribution is -2.23. The van der Waals surface area contributed by atoms with Gasteiger partial charge in [0.15, 0.2) is 0 Å². The van der Waals surface area contributed by atoms with Crippen LogP contribution in [0.3, 0.4) is 0 Å². The number of nitrogens with zero attached hydrogens (tertiary/aromatic N) is 3. The summed E-state index contributed by atoms with van der Waals surface area (Å²) in [5.74, 6) is 0.319. The topological polar surface area (TPSA) is 50.9 Å². The third-order valence-corrected chi connectivity index (χ3v) is 6.92. The molecule has 172 valence electrons. The lowest BCUT2D eigenvalue weighted by molar-refractivity contribution is 0.445. The molecule has 0 bridgehead atoms. The van der Waals surface area contributed by atoms with Crippen LogP contribution in [0.2, 0.25) is 0 Å². The molecule has 1 aromatic heterocycles. The highest BCUT2D eigenvalue weighted by atomic mass is 16.3. The number of hydrogen-bond acceptors (Lipinski definition) is 3. The summed E-state index contributed by atoms with van der Waals surface area (Å²) >= 11 is 0. The van der Waals surface area contributed by atoms with E-state index in [1.807, 2.05) is 42.5 Å². The van der Waals surface area contributed by atoms with Gasteiger partial charge >= 0.3 is 0 Å². The number of phenolic OH excluding ortho intramolecular Hbond substituents is 1. The molecule has 3 aromatic carbocycles. The van der Waals surface area contributed by atoms with Gasteiger partial charge in [-0.3, -0.25) is 0 Å². The fraction of sp³-hybridized carbons (Fsp3) is 0.379. The number of fused-ring (bicyclic) bond motifs is 1. The maximum atomic E-state index is 10.6. The molecule has 0 unspecified atom stereocenters. The number of phenols is 1. The first-order valence-corrected chi connectivity index (χ1v) is 12.0. The van der Waals surface area contributed by atoms with Crippen molar-refractivity contribution >= 4 is 11.0 Å². The van der Waals surface area contributed by atoms with E-state index in [2.05, 4.69) is 52.8 Å². The number of aromatic hydroxyl groups is 1. The van der Waals surface area contributed by atoms with Gasteiger partial charge in [-0.2, -0.15) is 4.80 Å². The van der Waals surface area contributed by atoms with Gasteiger partial charge in [-0.25, -0.2) is 0 Å². The Kier molecular flexibility index (Phi) is 6.29. The molecule has 0 aliphatic carbocycles. The highest BCUT2D eigenvalue weighted by Gasteiger charge is 2.30. The number of para-hydroxylation sites is 1. The highest BCUT2D eigenvalue weighted by Crippen LogP contribution is 2.40. The Hall–Kier alpha value is -3.14. The summed E-state index contributed by atoms with van der Waals surface area (Å²) in [5.41, 5.74) is 5.67. The van der Waals surface area contributed by atoms with Crippen molar-refractivity contribution in [2.75, 3.05) is 0 Å². The van der Waals surface area contributed by atoms with E-state index >= 15 is 0 Å². The Balaban J connectivity index is 1.87. The molecule has 0 aliphatic rings. The van der Waals surface area contributed by atoms with Crippen LogP contribution in [0.5, 0.6) is 5.75 Å². The first-order chi connectivity index (χ1) is 15.7. The molecule has 4 aromatic rings. The molecule has 0 saturated heterocycles. The van der Waals surface area contributed by atoms with E-state index in [0.717, 1.165) is 34.3 Å². The van der Waals surface area contributed by atoms with Crippen LogP contribution >= 0.6 is 0 Å². The fourth-order valence-electron chi connectivity index (χ4n) is 4.57. The van der Waals surface area contributed by atoms with E-state index < -0.39 is 0 Å². The van der Waals surface area contributed by atoms with Crippen molar-refractivity contribution in [2.24, 2.45) is 0 Å². The lowest BCUT2D eigenvalue weighted by atomic mass is 9.73. The first-order valence-electron chi connectivity index (χ1n) is 12.0. The smallest absolute Gasteiger partial charge is 0.119 e. The van der Waals surface area contributed by atoms with Gasteiger partial charge in [0.25, 0.3) is 0 Å². The van der Waals surface area contributed by atoms with Crippen molar-refractivity contribution < 1.29 is 5.11 Å². The van der Waals surface area contributed by atoms with Crippen molar-refractivity contribution in [1.29, 1.82) is 0 Å². The second-order valence-electron chi connectivity index (χ2n) is 10.2. The maximum Gasteiger partial charge on any atom is 0.119 e. The van der Waals surface area contributed by atoms with Gasteiger partial charge in [0.1, 0.15) is 16.8 Å². The van der Waals surface area contributed by atoms with Crippen molar-refractivity contribution in [2.45, 2.75) is 71.1 Å². The normalized spacial score (nSPS) is 12.4. The zero-order valence-corrected chi connectivity index (χ0v) is 20.5. The summed E-state index contributed by atoms with van der Waals surface area (Å²) in [6.07, 6.45) is 4.78. The second kappa shape index (κ2) is 9.01. The van der Waals surface area contributed by atoms with Crippen LogP contribution in [0, 0.1) is 0 Å². The Morgan fingerprint density at radius 3 is 2.03 bits per heavy atom. The van der Waals surface area contributed by atoms with Crippen LogP contribution in [0.4, 0.5) is 0 Å². The number of benzene rings is 3. The van der Waals surface area contributed by atoms with Crippen LogP contribution in [0.25, 0.3) is 16.7 Å². The summed E-state index contributed by atoms with van der Waals surface area (Å²) in [5, 5.41) is 20.1. The minimum Gasteiger partial charge on any atom is -0.508 e. The Labute approximate surface area is 197 Å². The van der Waals surface area contributed by atoms with E-state index in [-0.39, 0.29) is 10.8 Å². The fourth-order valence-corrected chi connectivity index (χ4v) is 4.57. The number of hydrogen-bond donors (Lipinski definition) is 1. The molecule has 1 N–H and O–H groups in total. The van der Waals surface area contributed by atoms with Gasteiger partial charge < -0.3 is 5.11 Å². The SMILES string of the molecule is CCCCCC(C)(C)c1cc(-n2nc3ccccc3n2)cc(C(C)(C)c2ccccc2O)c1. The third-order valence-electron chi connectivity index (χ3n) is 6.92. The van der Waals surface area contributed by atoms with Crippen molar-refractivity contribution in [3.63, 3.8) is 0 Å². The number of rotatable bonds is 8. The van der Waals surface area contributed by atoms with Gasteiger partial charge in [0, 0.05) is 11.0 Å². The minimum atomic E-state index is -0.387. The van der Waals surface area contributed by atoms with Crippen LogP contribution in [-0.2, 0) is 10.8 Å². The average molecular weight is 442 g/mol. The largest absolute Gasteiger partial charge is 0.508 e. The standard InChI is InChI=1S/C29H35N3O/c1-6-7-12-17-28(2,3)21-18-22(29(4,5)24-13-8-11-16-27(24)33)20-23(19-21)32-30-25-14-9-10-15-26(25)31-32/h8-11,13-16,18-20,33H,6-7,12,17H2,1-5H3. The maximum absolute atomic E-state index is 10.6. The molecule has 33 heavy (non-hydrogen) atoms. The summed E-state index contributed by atoms with van der Waals surface area (Å²) in [4.78, 5) is 1.75. The van der Waals surface area contributed by atoms with Crippen molar-refractivity contribution in [3.8, 4) is 11.4 Å². The molecule has 4 rings (SSSR count). The van der Waals surface area contributed by atoms with Gasteiger partial charge in [-0.15, -0.1) is 10.2 Å². The molecule has 0 radical (unpaired) electrons. The average Bonchev–Trinajstić information content (AvgIpc) is 3.23. The molecule has 1 heterocycles. The predicted molar refractivity (Wildman–Crippen MR) is 136 cm³/mol. The van der Waals surface area contributed by atoms with Crippen molar-refractivity contribution in [3.05, 3.63) is 83.4 Å². The van der Waals surface area contributed by atoms with E-state index in [9.17, 15) is 5.11 Å². The lowest BCUT2D eigenvalue weighted by Gasteiger charge is -2.31. The quantitative estimate of drug-likeness (QED) is 0.292. The zero-order valence-electron chi connectivity index (χ0n) is 20.5. The van der Waals surface area contributed by atoms with Gasteiger partial charge in [0.05, 0.1) is 5.69 Å². The van der Waals surface area contributed by atoms with Crippen LogP contribution in [0.15, 0.2) is 66.7 Å². The van der Waals surface area contributed by atoms with Gasteiger partial charge in [-0.1, -0.05) is 90.3 Å². The number of aromatic nitrogens is 3. The molecular formula is C29H35N3O. The molecule has 4 heteroatoms. The van der Waals surface area contributed by atoms with E-state index in [1.54, 1.807) is 10.9 Å². The Bertz CT molecular complexity index is 1220. The molecule has 0 atom stereocenters. The van der Waals surface area contributed by atoms with Crippen molar-refractivity contribution in [1.82, 2.24) is 15.0 Å². The molecule has 4 nitrogen and oxygen atoms in total. The number of unbranched alkanes of at least 4 members (excludes halogenated alkanes) is 2. The predicted octanol–water partition coefficient (Wildman–Crippen LogP) is 7.31. The second-order valence-corrected chi connectivity index (χ2v) is 10.2. The molecular weight excluding hydrogens is 406 g/mol. The molecule has 0 aliphatic heterocycles. The summed E-state index contributed by atoms with van der Waals surface area (Å²) in [7, 11) is 0. The molecule has 0 saturated carbocycles. The Morgan fingerprint density at radius 1 is 0.788 bits per heavy atom. The minimum absolute atomic E-state index is 0.0152. The highest BCUT2D eigenvalue weighted by molar-refractivity contribution is 5.73. The summed E-state index contributed by atoms with van der Waals surface area (Å²) in [6, 6.07) is 22.3. The van der Waals surface area contributed by atoms with Gasteiger partial charge in [-0.05, 0) is 53.3 Å². The Morgan fingerprint density at radius 2 is 1.39 bits per heavy atom. The molecule has 0 spiro atoms. The van der Waals surface area contributed by atoms with Crippen LogP contribution in [0.1, 0.15) is 77.0 Å². The molecule has 0 amide bonds. The molecule has 0 fully saturated rings. The van der Waals surface area contributed by atoms with E-state index in [1.165, 1.54) is 24.8 Å². The monoisotopic (exact) mass is 441 g/mol. The zero-order chi connectivity index (χ0) is 23.6. The summed E-state index contributed by atoms with van der Waals surface area (Å²) in [6.45, 7) is 11.2. The van der Waals surface area contributed by atoms with Crippen LogP contribution < -0.4 is 0 Å². The first kappa shape index (κ1) is 23.0. The van der Waals surface area contributed by atoms with E-state index in [4.69, 9.17) is 10.2 Å². The van der Waals surface area contributed by atoms with Gasteiger partial charge in [0.2, 0.25) is 0 Å². The van der Waals surface area contributed by atoms with Crippen LogP contribution in [-0.4, -0.2) is 20.1 Å².